The molecule has 2 rings (SSSR count). The van der Waals surface area contributed by atoms with E-state index >= 15 is 0 Å². The van der Waals surface area contributed by atoms with Gasteiger partial charge in [-0.25, -0.2) is 4.39 Å². The van der Waals surface area contributed by atoms with E-state index in [1.165, 1.54) is 44.2 Å². The highest BCUT2D eigenvalue weighted by molar-refractivity contribution is 6.08. The van der Waals surface area contributed by atoms with Gasteiger partial charge in [-0.1, -0.05) is 12.1 Å². The van der Waals surface area contributed by atoms with Crippen molar-refractivity contribution in [2.45, 2.75) is 19.3 Å². The first kappa shape index (κ1) is 17.1. The second-order valence-corrected chi connectivity index (χ2v) is 5.13. The van der Waals surface area contributed by atoms with Gasteiger partial charge in [0.05, 0.1) is 18.2 Å². The molecule has 23 heavy (non-hydrogen) atoms. The van der Waals surface area contributed by atoms with Gasteiger partial charge in [-0.15, -0.1) is 0 Å². The monoisotopic (exact) mass is 323 g/mol. The van der Waals surface area contributed by atoms with Crippen molar-refractivity contribution in [3.8, 4) is 0 Å². The summed E-state index contributed by atoms with van der Waals surface area (Å²) in [6.07, 6.45) is -0.742. The lowest BCUT2D eigenvalue weighted by Gasteiger charge is -2.29. The Morgan fingerprint density at radius 2 is 2.04 bits per heavy atom. The number of carbonyl (C=O) groups is 2. The Kier molecular flexibility index (Phi) is 5.12. The highest BCUT2D eigenvalue weighted by atomic mass is 19.1. The summed E-state index contributed by atoms with van der Waals surface area (Å²) >= 11 is 0. The summed E-state index contributed by atoms with van der Waals surface area (Å²) < 4.78 is 23.7. The molecule has 1 aliphatic heterocycles. The third-order valence-electron chi connectivity index (χ3n) is 3.72. The molecule has 1 heterocycles. The van der Waals surface area contributed by atoms with Crippen molar-refractivity contribution < 1.29 is 28.6 Å². The van der Waals surface area contributed by atoms with Crippen molar-refractivity contribution in [2.75, 3.05) is 20.8 Å². The van der Waals surface area contributed by atoms with Crippen LogP contribution in [0.3, 0.4) is 0 Å². The molecule has 1 N–H and O–H groups in total. The van der Waals surface area contributed by atoms with E-state index in [2.05, 4.69) is 0 Å². The van der Waals surface area contributed by atoms with E-state index in [9.17, 15) is 19.1 Å². The lowest BCUT2D eigenvalue weighted by molar-refractivity contribution is -0.144. The number of hydrogen-bond acceptors (Lipinski definition) is 5. The molecule has 1 unspecified atom stereocenters. The average molecular weight is 323 g/mol. The van der Waals surface area contributed by atoms with Crippen LogP contribution in [0.15, 0.2) is 35.6 Å². The number of ketones is 1. The van der Waals surface area contributed by atoms with Crippen LogP contribution in [0.25, 0.3) is 0 Å². The van der Waals surface area contributed by atoms with Gasteiger partial charge in [0.15, 0.2) is 17.8 Å². The molecular weight excluding hydrogens is 305 g/mol. The second-order valence-electron chi connectivity index (χ2n) is 5.13. The Labute approximate surface area is 133 Å². The molecule has 0 saturated carbocycles. The van der Waals surface area contributed by atoms with Crippen molar-refractivity contribution in [2.24, 2.45) is 0 Å². The second kappa shape index (κ2) is 6.89. The number of hydrogen-bond donors (Lipinski definition) is 1. The Hall–Kier alpha value is -2.25. The molecule has 1 amide bonds. The van der Waals surface area contributed by atoms with Crippen LogP contribution in [0, 0.1) is 5.82 Å². The van der Waals surface area contributed by atoms with E-state index in [0.717, 1.165) is 0 Å². The standard InChI is InChI=1S/C16H18FNO5/c1-9(19)13-14(10-5-4-6-11(17)7-10)18(16(21)15(13)20)8-12(22-2)23-3/h4-7,12,14,20H,8H2,1-3H3. The first-order valence-electron chi connectivity index (χ1n) is 6.96. The van der Waals surface area contributed by atoms with E-state index in [0.29, 0.717) is 5.56 Å². The minimum Gasteiger partial charge on any atom is -0.503 e. The van der Waals surface area contributed by atoms with Gasteiger partial charge in [-0.2, -0.15) is 0 Å². The first-order chi connectivity index (χ1) is 10.9. The number of nitrogens with zero attached hydrogens (tertiary/aromatic N) is 1. The fraction of sp³-hybridized carbons (Fsp3) is 0.375. The minimum atomic E-state index is -0.886. The molecule has 124 valence electrons. The third kappa shape index (κ3) is 3.25. The van der Waals surface area contributed by atoms with Gasteiger partial charge >= 0.3 is 0 Å². The zero-order valence-corrected chi connectivity index (χ0v) is 13.1. The number of aliphatic hydroxyl groups is 1. The molecule has 1 aliphatic rings. The summed E-state index contributed by atoms with van der Waals surface area (Å²) in [5.41, 5.74) is 0.324. The van der Waals surface area contributed by atoms with Gasteiger partial charge in [-0.05, 0) is 24.6 Å². The predicted molar refractivity (Wildman–Crippen MR) is 79.0 cm³/mol. The van der Waals surface area contributed by atoms with Gasteiger partial charge in [0, 0.05) is 14.2 Å². The van der Waals surface area contributed by atoms with E-state index in [1.807, 2.05) is 0 Å². The smallest absolute Gasteiger partial charge is 0.290 e. The number of ether oxygens (including phenoxy) is 2. The molecule has 0 radical (unpaired) electrons. The van der Waals surface area contributed by atoms with Crippen LogP contribution >= 0.6 is 0 Å². The predicted octanol–water partition coefficient (Wildman–Crippen LogP) is 1.73. The fourth-order valence-corrected chi connectivity index (χ4v) is 2.63. The van der Waals surface area contributed by atoms with Crippen LogP contribution in [0.4, 0.5) is 4.39 Å². The van der Waals surface area contributed by atoms with Crippen molar-refractivity contribution in [3.05, 3.63) is 47.0 Å². The topological polar surface area (TPSA) is 76.1 Å². The number of carbonyl (C=O) groups excluding carboxylic acids is 2. The number of rotatable bonds is 6. The average Bonchev–Trinajstić information content (AvgIpc) is 2.77. The van der Waals surface area contributed by atoms with E-state index in [1.54, 1.807) is 6.07 Å². The number of benzene rings is 1. The molecule has 0 bridgehead atoms. The number of Topliss-reactive ketones (excluding diaryl/α,β-unsaturated/α-hetero) is 1. The van der Waals surface area contributed by atoms with E-state index < -0.39 is 35.6 Å². The Balaban J connectivity index is 2.49. The van der Waals surface area contributed by atoms with Gasteiger partial charge in [-0.3, -0.25) is 9.59 Å². The molecule has 1 aromatic rings. The summed E-state index contributed by atoms with van der Waals surface area (Å²) in [4.78, 5) is 25.4. The van der Waals surface area contributed by atoms with Gasteiger partial charge in [0.2, 0.25) is 0 Å². The highest BCUT2D eigenvalue weighted by Gasteiger charge is 2.43. The summed E-state index contributed by atoms with van der Waals surface area (Å²) in [5.74, 6) is -2.31. The Morgan fingerprint density at radius 1 is 1.39 bits per heavy atom. The molecule has 0 spiro atoms. The van der Waals surface area contributed by atoms with Crippen molar-refractivity contribution in [1.82, 2.24) is 4.90 Å². The molecule has 0 aromatic heterocycles. The maximum Gasteiger partial charge on any atom is 0.290 e. The summed E-state index contributed by atoms with van der Waals surface area (Å²) in [6.45, 7) is 1.23. The minimum absolute atomic E-state index is 0.0200. The SMILES string of the molecule is COC(CN1C(=O)C(O)=C(C(C)=O)C1c1cccc(F)c1)OC. The normalized spacial score (nSPS) is 18.2. The van der Waals surface area contributed by atoms with Gasteiger partial charge in [0.1, 0.15) is 5.82 Å². The molecule has 0 saturated heterocycles. The van der Waals surface area contributed by atoms with E-state index in [-0.39, 0.29) is 12.1 Å². The van der Waals surface area contributed by atoms with Crippen LogP contribution in [0.5, 0.6) is 0 Å². The molecule has 1 atom stereocenters. The number of amides is 1. The van der Waals surface area contributed by atoms with Gasteiger partial charge < -0.3 is 19.5 Å². The lowest BCUT2D eigenvalue weighted by atomic mass is 9.96. The Morgan fingerprint density at radius 3 is 2.57 bits per heavy atom. The third-order valence-corrected chi connectivity index (χ3v) is 3.72. The fourth-order valence-electron chi connectivity index (χ4n) is 2.63. The zero-order chi connectivity index (χ0) is 17.1. The molecule has 7 heteroatoms. The molecular formula is C16H18FNO5. The molecule has 1 aromatic carbocycles. The highest BCUT2D eigenvalue weighted by Crippen LogP contribution is 2.37. The maximum absolute atomic E-state index is 13.5. The first-order valence-corrected chi connectivity index (χ1v) is 6.96. The maximum atomic E-state index is 13.5. The van der Waals surface area contributed by atoms with Crippen LogP contribution in [-0.2, 0) is 19.1 Å². The number of halogens is 1. The van der Waals surface area contributed by atoms with Crippen molar-refractivity contribution in [1.29, 1.82) is 0 Å². The Bertz CT molecular complexity index is 654. The number of methoxy groups -OCH3 is 2. The largest absolute Gasteiger partial charge is 0.503 e. The van der Waals surface area contributed by atoms with Crippen LogP contribution in [0.2, 0.25) is 0 Å². The van der Waals surface area contributed by atoms with Crippen molar-refractivity contribution >= 4 is 11.7 Å². The number of aliphatic hydroxyl groups excluding tert-OH is 1. The summed E-state index contributed by atoms with van der Waals surface area (Å²) in [7, 11) is 2.82. The van der Waals surface area contributed by atoms with Crippen molar-refractivity contribution in [3.63, 3.8) is 0 Å². The molecule has 0 fully saturated rings. The lowest BCUT2D eigenvalue weighted by Crippen LogP contribution is -2.38. The summed E-state index contributed by atoms with van der Waals surface area (Å²) in [6, 6.07) is 4.66. The van der Waals surface area contributed by atoms with E-state index in [4.69, 9.17) is 9.47 Å². The quantitative estimate of drug-likeness (QED) is 0.807. The molecule has 0 aliphatic carbocycles. The summed E-state index contributed by atoms with van der Waals surface area (Å²) in [5, 5.41) is 10.0. The van der Waals surface area contributed by atoms with Crippen LogP contribution in [0.1, 0.15) is 18.5 Å². The van der Waals surface area contributed by atoms with Gasteiger partial charge in [0.25, 0.3) is 5.91 Å². The zero-order valence-electron chi connectivity index (χ0n) is 13.1. The van der Waals surface area contributed by atoms with Crippen LogP contribution in [-0.4, -0.2) is 48.8 Å². The molecule has 6 nitrogen and oxygen atoms in total. The van der Waals surface area contributed by atoms with Crippen LogP contribution < -0.4 is 0 Å².